The molecule has 1 aliphatic carbocycles. The molecule has 0 heterocycles. The van der Waals surface area contributed by atoms with Gasteiger partial charge in [0.25, 0.3) is 0 Å². The lowest BCUT2D eigenvalue weighted by Crippen LogP contribution is -2.12. The third kappa shape index (κ3) is 4.29. The van der Waals surface area contributed by atoms with Crippen LogP contribution in [0.25, 0.3) is 0 Å². The summed E-state index contributed by atoms with van der Waals surface area (Å²) >= 11 is 0. The van der Waals surface area contributed by atoms with Gasteiger partial charge < -0.3 is 0 Å². The minimum Gasteiger partial charge on any atom is -0.242 e. The molecule has 0 aromatic heterocycles. The summed E-state index contributed by atoms with van der Waals surface area (Å²) < 4.78 is 0. The summed E-state index contributed by atoms with van der Waals surface area (Å²) in [4.78, 5) is 30.8. The molecule has 0 atom stereocenters. The van der Waals surface area contributed by atoms with Crippen molar-refractivity contribution in [2.75, 3.05) is 0 Å². The number of rotatable bonds is 2. The van der Waals surface area contributed by atoms with E-state index in [1.807, 2.05) is 6.08 Å². The van der Waals surface area contributed by atoms with Gasteiger partial charge in [0.2, 0.25) is 0 Å². The third-order valence-corrected chi connectivity index (χ3v) is 2.42. The van der Waals surface area contributed by atoms with Gasteiger partial charge in [-0.05, 0) is 25.7 Å². The molecule has 0 fully saturated rings. The predicted molar refractivity (Wildman–Crippen MR) is 58.2 cm³/mol. The Morgan fingerprint density at radius 1 is 1.19 bits per heavy atom. The van der Waals surface area contributed by atoms with Crippen LogP contribution in [-0.2, 0) is 19.4 Å². The molecular weight excluding hydrogens is 208 g/mol. The zero-order valence-corrected chi connectivity index (χ0v) is 9.24. The third-order valence-electron chi connectivity index (χ3n) is 2.42. The Morgan fingerprint density at radius 2 is 1.94 bits per heavy atom. The van der Waals surface area contributed by atoms with Crippen LogP contribution in [0.2, 0.25) is 0 Å². The van der Waals surface area contributed by atoms with Crippen LogP contribution in [0.3, 0.4) is 0 Å². The van der Waals surface area contributed by atoms with Crippen molar-refractivity contribution in [2.24, 2.45) is 0 Å². The largest absolute Gasteiger partial charge is 0.382 e. The number of hydrogen-bond donors (Lipinski definition) is 0. The molecule has 1 rings (SSSR count). The molecule has 0 amide bonds. The van der Waals surface area contributed by atoms with Crippen molar-refractivity contribution in [1.29, 1.82) is 0 Å². The second-order valence-corrected chi connectivity index (χ2v) is 3.66. The van der Waals surface area contributed by atoms with Crippen molar-refractivity contribution in [3.8, 4) is 0 Å². The summed E-state index contributed by atoms with van der Waals surface area (Å²) in [5.74, 6) is -1.34. The van der Waals surface area contributed by atoms with Crippen molar-refractivity contribution in [1.82, 2.24) is 0 Å². The minimum atomic E-state index is -0.764. The van der Waals surface area contributed by atoms with Crippen LogP contribution in [0.5, 0.6) is 0 Å². The fourth-order valence-corrected chi connectivity index (χ4v) is 1.54. The molecule has 0 radical (unpaired) electrons. The fourth-order valence-electron chi connectivity index (χ4n) is 1.54. The topological polar surface area (TPSA) is 52.6 Å². The molecule has 0 aliphatic heterocycles. The molecule has 0 spiro atoms. The highest BCUT2D eigenvalue weighted by Crippen LogP contribution is 2.17. The molecule has 0 N–H and O–H groups in total. The molecule has 0 saturated carbocycles. The Kier molecular flexibility index (Phi) is 5.32. The molecule has 0 unspecified atom stereocenters. The van der Waals surface area contributed by atoms with Crippen LogP contribution in [0.1, 0.15) is 38.5 Å². The van der Waals surface area contributed by atoms with Gasteiger partial charge in [-0.1, -0.05) is 25.5 Å². The van der Waals surface area contributed by atoms with Gasteiger partial charge in [-0.2, -0.15) is 0 Å². The van der Waals surface area contributed by atoms with Crippen LogP contribution in [0, 0.1) is 0 Å². The summed E-state index contributed by atoms with van der Waals surface area (Å²) in [6.07, 6.45) is 8.74. The maximum atomic E-state index is 11.5. The van der Waals surface area contributed by atoms with Gasteiger partial charge in [0.1, 0.15) is 0 Å². The van der Waals surface area contributed by atoms with Crippen molar-refractivity contribution in [3.05, 3.63) is 24.3 Å². The highest BCUT2D eigenvalue weighted by Gasteiger charge is 2.14. The Morgan fingerprint density at radius 3 is 2.69 bits per heavy atom. The van der Waals surface area contributed by atoms with E-state index >= 15 is 0 Å². The molecule has 4 nitrogen and oxygen atoms in total. The molecule has 16 heavy (non-hydrogen) atoms. The number of hydrogen-bond acceptors (Lipinski definition) is 4. The van der Waals surface area contributed by atoms with Gasteiger partial charge in [-0.3, -0.25) is 0 Å². The highest BCUT2D eigenvalue weighted by molar-refractivity contribution is 5.89. The van der Waals surface area contributed by atoms with E-state index in [9.17, 15) is 9.59 Å². The Balaban J connectivity index is 2.44. The standard InChI is InChI=1S/C12H16O4/c1-2-11(13)15-16-12(14)10-8-6-4-3-5-7-9-10/h2,8H,1,3-7,9H2/b10-8+. The fraction of sp³-hybridized carbons (Fsp3) is 0.500. The molecular formula is C12H16O4. The van der Waals surface area contributed by atoms with Crippen molar-refractivity contribution < 1.29 is 19.4 Å². The zero-order chi connectivity index (χ0) is 11.8. The SMILES string of the molecule is C=CC(=O)OOC(=O)/C1=C/CCCCCC1. The van der Waals surface area contributed by atoms with Gasteiger partial charge >= 0.3 is 11.9 Å². The first-order chi connectivity index (χ1) is 7.74. The number of carbonyl (C=O) groups excluding carboxylic acids is 2. The van der Waals surface area contributed by atoms with E-state index in [0.717, 1.165) is 31.8 Å². The van der Waals surface area contributed by atoms with E-state index < -0.39 is 11.9 Å². The van der Waals surface area contributed by atoms with Gasteiger partial charge in [0, 0.05) is 11.6 Å². The molecule has 0 bridgehead atoms. The second-order valence-electron chi connectivity index (χ2n) is 3.66. The van der Waals surface area contributed by atoms with Crippen LogP contribution < -0.4 is 0 Å². The monoisotopic (exact) mass is 224 g/mol. The second kappa shape index (κ2) is 6.82. The maximum absolute atomic E-state index is 11.5. The van der Waals surface area contributed by atoms with E-state index in [-0.39, 0.29) is 0 Å². The number of allylic oxidation sites excluding steroid dienone is 1. The van der Waals surface area contributed by atoms with Crippen molar-refractivity contribution >= 4 is 11.9 Å². The zero-order valence-electron chi connectivity index (χ0n) is 9.24. The normalized spacial score (nSPS) is 19.6. The first-order valence-electron chi connectivity index (χ1n) is 5.48. The summed E-state index contributed by atoms with van der Waals surface area (Å²) in [5, 5.41) is 0. The summed E-state index contributed by atoms with van der Waals surface area (Å²) in [7, 11) is 0. The maximum Gasteiger partial charge on any atom is 0.382 e. The van der Waals surface area contributed by atoms with E-state index in [4.69, 9.17) is 0 Å². The van der Waals surface area contributed by atoms with Gasteiger partial charge in [0.05, 0.1) is 0 Å². The summed E-state index contributed by atoms with van der Waals surface area (Å²) in [6.45, 7) is 3.20. The molecule has 0 aromatic rings. The van der Waals surface area contributed by atoms with Crippen molar-refractivity contribution in [3.63, 3.8) is 0 Å². The Hall–Kier alpha value is -1.58. The van der Waals surface area contributed by atoms with E-state index in [0.29, 0.717) is 12.0 Å². The lowest BCUT2D eigenvalue weighted by atomic mass is 10.0. The summed E-state index contributed by atoms with van der Waals surface area (Å²) in [5.41, 5.74) is 0.594. The Bertz CT molecular complexity index is 304. The lowest BCUT2D eigenvalue weighted by Gasteiger charge is -2.09. The quantitative estimate of drug-likeness (QED) is 0.410. The molecule has 0 aromatic carbocycles. The highest BCUT2D eigenvalue weighted by atomic mass is 17.2. The van der Waals surface area contributed by atoms with E-state index in [2.05, 4.69) is 16.4 Å². The van der Waals surface area contributed by atoms with Crippen LogP contribution in [-0.4, -0.2) is 11.9 Å². The number of carbonyl (C=O) groups is 2. The van der Waals surface area contributed by atoms with Crippen LogP contribution in [0.15, 0.2) is 24.3 Å². The molecule has 4 heteroatoms. The summed E-state index contributed by atoms with van der Waals surface area (Å²) in [6, 6.07) is 0. The van der Waals surface area contributed by atoms with Crippen LogP contribution >= 0.6 is 0 Å². The van der Waals surface area contributed by atoms with E-state index in [1.54, 1.807) is 0 Å². The minimum absolute atomic E-state index is 0.572. The van der Waals surface area contributed by atoms with Gasteiger partial charge in [0.15, 0.2) is 0 Å². The van der Waals surface area contributed by atoms with E-state index in [1.165, 1.54) is 6.42 Å². The average molecular weight is 224 g/mol. The van der Waals surface area contributed by atoms with Crippen molar-refractivity contribution in [2.45, 2.75) is 38.5 Å². The molecule has 0 saturated heterocycles. The smallest absolute Gasteiger partial charge is 0.242 e. The molecule has 1 aliphatic rings. The Labute approximate surface area is 94.8 Å². The first-order valence-corrected chi connectivity index (χ1v) is 5.48. The average Bonchev–Trinajstić information content (AvgIpc) is 2.25. The predicted octanol–water partition coefficient (Wildman–Crippen LogP) is 2.45. The molecule has 88 valence electrons. The van der Waals surface area contributed by atoms with Gasteiger partial charge in [-0.15, -0.1) is 0 Å². The first kappa shape index (κ1) is 12.5. The van der Waals surface area contributed by atoms with Crippen LogP contribution in [0.4, 0.5) is 0 Å². The lowest BCUT2D eigenvalue weighted by molar-refractivity contribution is -0.251. The van der Waals surface area contributed by atoms with Gasteiger partial charge in [-0.25, -0.2) is 19.4 Å².